The molecule has 0 amide bonds. The van der Waals surface area contributed by atoms with Gasteiger partial charge in [0.25, 0.3) is 0 Å². The van der Waals surface area contributed by atoms with Crippen molar-refractivity contribution < 1.29 is 18.3 Å². The molecular weight excluding hydrogens is 238 g/mol. The van der Waals surface area contributed by atoms with E-state index in [9.17, 15) is 13.6 Å². The van der Waals surface area contributed by atoms with E-state index in [1.54, 1.807) is 0 Å². The highest BCUT2D eigenvalue weighted by molar-refractivity contribution is 5.75. The van der Waals surface area contributed by atoms with E-state index in [2.05, 4.69) is 0 Å². The third-order valence-electron chi connectivity index (χ3n) is 2.67. The van der Waals surface area contributed by atoms with Crippen LogP contribution in [0.5, 0.6) is 0 Å². The van der Waals surface area contributed by atoms with E-state index in [-0.39, 0.29) is 24.4 Å². The van der Waals surface area contributed by atoms with Crippen LogP contribution in [0.3, 0.4) is 0 Å². The standard InChI is InChI=1S/C14H12F2O2/c15-12-7-14(13(16)6-11(12)8-17)18-9-10-4-2-1-3-5-10/h1-5,7-8,13H,6,9H2. The summed E-state index contributed by atoms with van der Waals surface area (Å²) in [5.74, 6) is -0.788. The first-order valence-electron chi connectivity index (χ1n) is 5.57. The smallest absolute Gasteiger partial charge is 0.161 e. The van der Waals surface area contributed by atoms with Gasteiger partial charge in [0.2, 0.25) is 0 Å². The highest BCUT2D eigenvalue weighted by Gasteiger charge is 2.24. The summed E-state index contributed by atoms with van der Waals surface area (Å²) in [6, 6.07) is 9.21. The van der Waals surface area contributed by atoms with Crippen molar-refractivity contribution in [2.24, 2.45) is 0 Å². The lowest BCUT2D eigenvalue weighted by molar-refractivity contribution is -0.105. The van der Waals surface area contributed by atoms with E-state index in [0.717, 1.165) is 11.6 Å². The highest BCUT2D eigenvalue weighted by atomic mass is 19.1. The van der Waals surface area contributed by atoms with Crippen LogP contribution >= 0.6 is 0 Å². The lowest BCUT2D eigenvalue weighted by Crippen LogP contribution is -2.14. The van der Waals surface area contributed by atoms with Crippen molar-refractivity contribution >= 4 is 6.29 Å². The van der Waals surface area contributed by atoms with E-state index in [0.29, 0.717) is 6.29 Å². The maximum atomic E-state index is 13.6. The molecule has 18 heavy (non-hydrogen) atoms. The number of aldehydes is 1. The number of carbonyl (C=O) groups is 1. The minimum absolute atomic E-state index is 0.0676. The molecule has 0 saturated heterocycles. The van der Waals surface area contributed by atoms with Gasteiger partial charge < -0.3 is 4.74 Å². The number of alkyl halides is 1. The number of hydrogen-bond acceptors (Lipinski definition) is 2. The Hall–Kier alpha value is -1.97. The normalized spacial score (nSPS) is 19.4. The molecule has 0 bridgehead atoms. The molecule has 0 aromatic heterocycles. The Labute approximate surface area is 104 Å². The molecule has 0 spiro atoms. The SMILES string of the molecule is O=CC1=C(F)C=C(OCc2ccccc2)C(F)C1. The molecule has 1 unspecified atom stereocenters. The van der Waals surface area contributed by atoms with Crippen LogP contribution in [0.25, 0.3) is 0 Å². The molecule has 1 aliphatic rings. The molecule has 1 atom stereocenters. The number of hydrogen-bond donors (Lipinski definition) is 0. The molecule has 2 nitrogen and oxygen atoms in total. The Morgan fingerprint density at radius 2 is 2.06 bits per heavy atom. The van der Waals surface area contributed by atoms with Gasteiger partial charge in [0.15, 0.2) is 6.17 Å². The predicted molar refractivity (Wildman–Crippen MR) is 63.0 cm³/mol. The van der Waals surface area contributed by atoms with Gasteiger partial charge in [-0.15, -0.1) is 0 Å². The summed E-state index contributed by atoms with van der Waals surface area (Å²) >= 11 is 0. The van der Waals surface area contributed by atoms with Gasteiger partial charge in [-0.2, -0.15) is 0 Å². The zero-order valence-electron chi connectivity index (χ0n) is 9.61. The van der Waals surface area contributed by atoms with Crippen LogP contribution in [0.4, 0.5) is 8.78 Å². The zero-order valence-corrected chi connectivity index (χ0v) is 9.61. The topological polar surface area (TPSA) is 26.3 Å². The van der Waals surface area contributed by atoms with Crippen LogP contribution in [0.1, 0.15) is 12.0 Å². The molecule has 4 heteroatoms. The first-order valence-corrected chi connectivity index (χ1v) is 5.57. The van der Waals surface area contributed by atoms with Crippen molar-refractivity contribution in [2.75, 3.05) is 0 Å². The fourth-order valence-corrected chi connectivity index (χ4v) is 1.68. The van der Waals surface area contributed by atoms with Crippen LogP contribution < -0.4 is 0 Å². The van der Waals surface area contributed by atoms with Gasteiger partial charge >= 0.3 is 0 Å². The summed E-state index contributed by atoms with van der Waals surface area (Å²) < 4.78 is 32.2. The van der Waals surface area contributed by atoms with E-state index >= 15 is 0 Å². The van der Waals surface area contributed by atoms with Crippen molar-refractivity contribution in [3.8, 4) is 0 Å². The van der Waals surface area contributed by atoms with Crippen molar-refractivity contribution in [1.82, 2.24) is 0 Å². The van der Waals surface area contributed by atoms with E-state index < -0.39 is 12.0 Å². The molecule has 1 aromatic rings. The van der Waals surface area contributed by atoms with Gasteiger partial charge in [-0.25, -0.2) is 8.78 Å². The summed E-state index contributed by atoms with van der Waals surface area (Å²) in [5, 5.41) is 0. The summed E-state index contributed by atoms with van der Waals surface area (Å²) in [4.78, 5) is 10.5. The lowest BCUT2D eigenvalue weighted by atomic mass is 10.0. The maximum absolute atomic E-state index is 13.6. The van der Waals surface area contributed by atoms with Gasteiger partial charge in [0.05, 0.1) is 0 Å². The van der Waals surface area contributed by atoms with E-state index in [1.165, 1.54) is 0 Å². The van der Waals surface area contributed by atoms with Crippen molar-refractivity contribution in [2.45, 2.75) is 19.2 Å². The molecule has 0 saturated carbocycles. The van der Waals surface area contributed by atoms with Gasteiger partial charge in [-0.1, -0.05) is 30.3 Å². The van der Waals surface area contributed by atoms with Crippen LogP contribution in [-0.4, -0.2) is 12.5 Å². The Kier molecular flexibility index (Phi) is 3.87. The molecule has 0 radical (unpaired) electrons. The van der Waals surface area contributed by atoms with Crippen LogP contribution in [0.15, 0.2) is 53.6 Å². The second kappa shape index (κ2) is 5.58. The van der Waals surface area contributed by atoms with Crippen molar-refractivity contribution in [3.05, 3.63) is 59.1 Å². The van der Waals surface area contributed by atoms with E-state index in [1.807, 2.05) is 30.3 Å². The number of allylic oxidation sites excluding steroid dienone is 4. The molecule has 94 valence electrons. The number of halogens is 2. The minimum Gasteiger partial charge on any atom is -0.490 e. The number of benzene rings is 1. The molecule has 0 N–H and O–H groups in total. The van der Waals surface area contributed by atoms with Gasteiger partial charge in [0.1, 0.15) is 24.5 Å². The fourth-order valence-electron chi connectivity index (χ4n) is 1.68. The van der Waals surface area contributed by atoms with Crippen molar-refractivity contribution in [1.29, 1.82) is 0 Å². The van der Waals surface area contributed by atoms with Gasteiger partial charge in [0, 0.05) is 18.1 Å². The first kappa shape index (κ1) is 12.5. The average molecular weight is 250 g/mol. The summed E-state index contributed by atoms with van der Waals surface area (Å²) in [6.45, 7) is 0.177. The Morgan fingerprint density at radius 3 is 2.72 bits per heavy atom. The van der Waals surface area contributed by atoms with Gasteiger partial charge in [-0.3, -0.25) is 4.79 Å². The van der Waals surface area contributed by atoms with E-state index in [4.69, 9.17) is 4.74 Å². The minimum atomic E-state index is -1.46. The van der Waals surface area contributed by atoms with Crippen LogP contribution in [0, 0.1) is 0 Å². The van der Waals surface area contributed by atoms with Gasteiger partial charge in [-0.05, 0) is 5.56 Å². The monoisotopic (exact) mass is 250 g/mol. The quantitative estimate of drug-likeness (QED) is 0.767. The first-order chi connectivity index (χ1) is 8.70. The number of carbonyl (C=O) groups excluding carboxylic acids is 1. The molecule has 2 rings (SSSR count). The molecule has 0 aliphatic heterocycles. The van der Waals surface area contributed by atoms with Crippen LogP contribution in [-0.2, 0) is 16.1 Å². The predicted octanol–water partition coefficient (Wildman–Crippen LogP) is 3.25. The molecule has 1 aliphatic carbocycles. The summed E-state index contributed by atoms with van der Waals surface area (Å²) in [6.07, 6.45) is -0.447. The number of rotatable bonds is 4. The number of ether oxygens (including phenoxy) is 1. The Bertz CT molecular complexity index is 492. The maximum Gasteiger partial charge on any atom is 0.161 e. The Morgan fingerprint density at radius 1 is 1.33 bits per heavy atom. The Balaban J connectivity index is 2.05. The molecule has 1 aromatic carbocycles. The average Bonchev–Trinajstić information content (AvgIpc) is 2.40. The lowest BCUT2D eigenvalue weighted by Gasteiger charge is -2.18. The second-order valence-electron chi connectivity index (χ2n) is 3.98. The second-order valence-corrected chi connectivity index (χ2v) is 3.98. The third kappa shape index (κ3) is 2.83. The summed E-state index contributed by atoms with van der Waals surface area (Å²) in [7, 11) is 0. The highest BCUT2D eigenvalue weighted by Crippen LogP contribution is 2.27. The summed E-state index contributed by atoms with van der Waals surface area (Å²) in [5.41, 5.74) is 0.714. The zero-order chi connectivity index (χ0) is 13.0. The third-order valence-corrected chi connectivity index (χ3v) is 2.67. The van der Waals surface area contributed by atoms with Crippen molar-refractivity contribution in [3.63, 3.8) is 0 Å². The molecule has 0 fully saturated rings. The largest absolute Gasteiger partial charge is 0.490 e. The fraction of sp³-hybridized carbons (Fsp3) is 0.214. The molecular formula is C14H12F2O2. The van der Waals surface area contributed by atoms with Crippen LogP contribution in [0.2, 0.25) is 0 Å². The molecule has 0 heterocycles.